The molecule has 0 amide bonds. The van der Waals surface area contributed by atoms with Gasteiger partial charge in [-0.3, -0.25) is 4.90 Å². The summed E-state index contributed by atoms with van der Waals surface area (Å²) in [5.41, 5.74) is 2.10. The molecule has 0 aliphatic rings. The Hall–Kier alpha value is -1.39. The van der Waals surface area contributed by atoms with Crippen molar-refractivity contribution in [2.45, 2.75) is 26.7 Å². The van der Waals surface area contributed by atoms with E-state index in [1.165, 1.54) is 0 Å². The summed E-state index contributed by atoms with van der Waals surface area (Å²) < 4.78 is 2.10. The van der Waals surface area contributed by atoms with Crippen LogP contribution in [0.3, 0.4) is 0 Å². The molecular weight excluding hydrogens is 202 g/mol. The lowest BCUT2D eigenvalue weighted by atomic mass is 10.3. The Bertz CT molecular complexity index is 490. The Kier molecular flexibility index (Phi) is 2.94. The number of rotatable bonds is 3. The van der Waals surface area contributed by atoms with Crippen LogP contribution >= 0.6 is 0 Å². The Morgan fingerprint density at radius 3 is 2.81 bits per heavy atom. The molecule has 0 fully saturated rings. The van der Waals surface area contributed by atoms with E-state index in [9.17, 15) is 5.11 Å². The van der Waals surface area contributed by atoms with Crippen LogP contribution in [0.25, 0.3) is 11.0 Å². The van der Waals surface area contributed by atoms with Crippen molar-refractivity contribution < 1.29 is 5.11 Å². The van der Waals surface area contributed by atoms with Gasteiger partial charge in [0.1, 0.15) is 12.1 Å². The molecule has 4 heteroatoms. The molecule has 4 nitrogen and oxygen atoms in total. The highest BCUT2D eigenvalue weighted by molar-refractivity contribution is 5.75. The minimum Gasteiger partial charge on any atom is -0.379 e. The molecule has 1 aromatic carbocycles. The van der Waals surface area contributed by atoms with Gasteiger partial charge >= 0.3 is 0 Å². The predicted molar refractivity (Wildman–Crippen MR) is 63.9 cm³/mol. The monoisotopic (exact) mass is 219 g/mol. The average molecular weight is 219 g/mol. The SMILES string of the molecule is Cc1nc2ccccc2n1CN(C)C(C)O. The minimum absolute atomic E-state index is 0.458. The Morgan fingerprint density at radius 1 is 1.44 bits per heavy atom. The number of hydrogen-bond acceptors (Lipinski definition) is 3. The maximum absolute atomic E-state index is 9.47. The zero-order chi connectivity index (χ0) is 11.7. The second-order valence-corrected chi connectivity index (χ2v) is 4.11. The molecule has 0 saturated carbocycles. The highest BCUT2D eigenvalue weighted by Gasteiger charge is 2.10. The van der Waals surface area contributed by atoms with Gasteiger partial charge < -0.3 is 9.67 Å². The van der Waals surface area contributed by atoms with E-state index >= 15 is 0 Å². The molecule has 0 aliphatic carbocycles. The zero-order valence-corrected chi connectivity index (χ0v) is 9.88. The summed E-state index contributed by atoms with van der Waals surface area (Å²) in [5.74, 6) is 0.966. The topological polar surface area (TPSA) is 41.3 Å². The molecule has 0 spiro atoms. The van der Waals surface area contributed by atoms with Crippen molar-refractivity contribution in [2.75, 3.05) is 7.05 Å². The van der Waals surface area contributed by atoms with E-state index in [1.54, 1.807) is 6.92 Å². The number of aliphatic hydroxyl groups excluding tert-OH is 1. The minimum atomic E-state index is -0.458. The standard InChI is InChI=1S/C12H17N3O/c1-9-13-11-6-4-5-7-12(11)15(9)8-14(3)10(2)16/h4-7,10,16H,8H2,1-3H3. The van der Waals surface area contributed by atoms with Crippen LogP contribution in [0.1, 0.15) is 12.7 Å². The first-order chi connectivity index (χ1) is 7.59. The number of hydrogen-bond donors (Lipinski definition) is 1. The lowest BCUT2D eigenvalue weighted by Gasteiger charge is -2.21. The number of benzene rings is 1. The first kappa shape index (κ1) is 11.1. The Balaban J connectivity index is 2.40. The van der Waals surface area contributed by atoms with E-state index in [4.69, 9.17) is 0 Å². The lowest BCUT2D eigenvalue weighted by Crippen LogP contribution is -2.31. The number of nitrogens with zero attached hydrogens (tertiary/aromatic N) is 3. The first-order valence-electron chi connectivity index (χ1n) is 5.40. The van der Waals surface area contributed by atoms with E-state index in [0.717, 1.165) is 16.9 Å². The number of aromatic nitrogens is 2. The third-order valence-corrected chi connectivity index (χ3v) is 2.85. The van der Waals surface area contributed by atoms with Crippen molar-refractivity contribution in [1.82, 2.24) is 14.5 Å². The summed E-state index contributed by atoms with van der Waals surface area (Å²) in [6.45, 7) is 4.38. The molecule has 1 aromatic heterocycles. The third-order valence-electron chi connectivity index (χ3n) is 2.85. The molecule has 1 atom stereocenters. The quantitative estimate of drug-likeness (QED) is 0.797. The van der Waals surface area contributed by atoms with E-state index in [2.05, 4.69) is 9.55 Å². The zero-order valence-electron chi connectivity index (χ0n) is 9.88. The van der Waals surface area contributed by atoms with E-state index < -0.39 is 6.23 Å². The molecule has 2 aromatic rings. The Morgan fingerprint density at radius 2 is 2.12 bits per heavy atom. The van der Waals surface area contributed by atoms with Crippen LogP contribution < -0.4 is 0 Å². The largest absolute Gasteiger partial charge is 0.379 e. The van der Waals surface area contributed by atoms with Gasteiger partial charge in [0.25, 0.3) is 0 Å². The highest BCUT2D eigenvalue weighted by Crippen LogP contribution is 2.15. The average Bonchev–Trinajstić information content (AvgIpc) is 2.55. The van der Waals surface area contributed by atoms with Crippen LogP contribution in [0.2, 0.25) is 0 Å². The summed E-state index contributed by atoms with van der Waals surface area (Å²) >= 11 is 0. The van der Waals surface area contributed by atoms with Crippen molar-refractivity contribution >= 4 is 11.0 Å². The Labute approximate surface area is 95.1 Å². The number of aryl methyl sites for hydroxylation is 1. The fraction of sp³-hybridized carbons (Fsp3) is 0.417. The maximum Gasteiger partial charge on any atom is 0.107 e. The second kappa shape index (κ2) is 4.23. The summed E-state index contributed by atoms with van der Waals surface area (Å²) in [6.07, 6.45) is -0.458. The fourth-order valence-electron chi connectivity index (χ4n) is 1.72. The van der Waals surface area contributed by atoms with Crippen molar-refractivity contribution in [3.05, 3.63) is 30.1 Å². The molecule has 86 valence electrons. The number of aliphatic hydroxyl groups is 1. The van der Waals surface area contributed by atoms with Gasteiger partial charge in [0, 0.05) is 0 Å². The molecule has 16 heavy (non-hydrogen) atoms. The predicted octanol–water partition coefficient (Wildman–Crippen LogP) is 1.57. The van der Waals surface area contributed by atoms with Crippen molar-refractivity contribution in [2.24, 2.45) is 0 Å². The van der Waals surface area contributed by atoms with E-state index in [-0.39, 0.29) is 0 Å². The normalized spacial score (nSPS) is 13.6. The van der Waals surface area contributed by atoms with Gasteiger partial charge in [0.15, 0.2) is 0 Å². The number of imidazole rings is 1. The summed E-state index contributed by atoms with van der Waals surface area (Å²) in [4.78, 5) is 6.34. The number of fused-ring (bicyclic) bond motifs is 1. The van der Waals surface area contributed by atoms with Crippen LogP contribution in [0.5, 0.6) is 0 Å². The lowest BCUT2D eigenvalue weighted by molar-refractivity contribution is 0.0181. The van der Waals surface area contributed by atoms with Crippen LogP contribution in [0, 0.1) is 6.92 Å². The summed E-state index contributed by atoms with van der Waals surface area (Å²) in [6, 6.07) is 8.03. The van der Waals surface area contributed by atoms with Crippen LogP contribution in [0.4, 0.5) is 0 Å². The van der Waals surface area contributed by atoms with E-state index in [1.807, 2.05) is 43.1 Å². The second-order valence-electron chi connectivity index (χ2n) is 4.11. The van der Waals surface area contributed by atoms with Crippen molar-refractivity contribution in [3.63, 3.8) is 0 Å². The molecule has 0 aliphatic heterocycles. The van der Waals surface area contributed by atoms with Crippen molar-refractivity contribution in [3.8, 4) is 0 Å². The van der Waals surface area contributed by atoms with Crippen molar-refractivity contribution in [1.29, 1.82) is 0 Å². The van der Waals surface area contributed by atoms with Gasteiger partial charge in [-0.25, -0.2) is 4.98 Å². The van der Waals surface area contributed by atoms with E-state index in [0.29, 0.717) is 6.67 Å². The van der Waals surface area contributed by atoms with Gasteiger partial charge in [-0.1, -0.05) is 12.1 Å². The molecule has 1 heterocycles. The summed E-state index contributed by atoms with van der Waals surface area (Å²) in [5, 5.41) is 9.47. The fourth-order valence-corrected chi connectivity index (χ4v) is 1.72. The molecule has 0 saturated heterocycles. The van der Waals surface area contributed by atoms with Gasteiger partial charge in [-0.15, -0.1) is 0 Å². The van der Waals surface area contributed by atoms with Crippen LogP contribution in [-0.4, -0.2) is 32.8 Å². The third kappa shape index (κ3) is 1.94. The molecule has 1 N–H and O–H groups in total. The molecule has 2 rings (SSSR count). The van der Waals surface area contributed by atoms with Crippen LogP contribution in [0.15, 0.2) is 24.3 Å². The van der Waals surface area contributed by atoms with Gasteiger partial charge in [-0.05, 0) is 33.0 Å². The van der Waals surface area contributed by atoms with Gasteiger partial charge in [-0.2, -0.15) is 0 Å². The molecule has 0 radical (unpaired) electrons. The first-order valence-corrected chi connectivity index (χ1v) is 5.40. The molecule has 0 bridgehead atoms. The summed E-state index contributed by atoms with van der Waals surface area (Å²) in [7, 11) is 1.89. The van der Waals surface area contributed by atoms with Gasteiger partial charge in [0.2, 0.25) is 0 Å². The number of para-hydroxylation sites is 2. The highest BCUT2D eigenvalue weighted by atomic mass is 16.3. The molecular formula is C12H17N3O. The molecule has 1 unspecified atom stereocenters. The van der Waals surface area contributed by atoms with Gasteiger partial charge in [0.05, 0.1) is 17.7 Å². The maximum atomic E-state index is 9.47. The smallest absolute Gasteiger partial charge is 0.107 e. The van der Waals surface area contributed by atoms with Crippen LogP contribution in [-0.2, 0) is 6.67 Å².